The normalized spacial score (nSPS) is 22.6. The third kappa shape index (κ3) is 3.81. The third-order valence-corrected chi connectivity index (χ3v) is 4.27. The summed E-state index contributed by atoms with van der Waals surface area (Å²) in [6.45, 7) is 4.50. The number of nitrogens with one attached hydrogen (secondary N) is 2. The predicted octanol–water partition coefficient (Wildman–Crippen LogP) is 2.78. The van der Waals surface area contributed by atoms with Crippen molar-refractivity contribution in [3.05, 3.63) is 48.0 Å². The topological polar surface area (TPSA) is 72.0 Å². The number of phenols is 1. The highest BCUT2D eigenvalue weighted by Crippen LogP contribution is 2.34. The number of hydrogen-bond acceptors (Lipinski definition) is 6. The average molecular weight is 344 g/mol. The summed E-state index contributed by atoms with van der Waals surface area (Å²) in [5.41, 5.74) is 7.16. The molecule has 3 unspecified atom stereocenters. The molecule has 1 saturated heterocycles. The van der Waals surface area contributed by atoms with Crippen molar-refractivity contribution in [2.75, 3.05) is 13.7 Å². The Morgan fingerprint density at radius 2 is 1.68 bits per heavy atom. The Morgan fingerprint density at radius 1 is 1.00 bits per heavy atom. The van der Waals surface area contributed by atoms with E-state index < -0.39 is 0 Å². The van der Waals surface area contributed by atoms with Crippen LogP contribution < -0.4 is 25.1 Å². The van der Waals surface area contributed by atoms with Crippen LogP contribution in [-0.2, 0) is 0 Å². The van der Waals surface area contributed by atoms with Gasteiger partial charge in [-0.05, 0) is 50.2 Å². The van der Waals surface area contributed by atoms with Gasteiger partial charge in [-0.3, -0.25) is 5.43 Å². The van der Waals surface area contributed by atoms with Crippen molar-refractivity contribution < 1.29 is 19.3 Å². The average Bonchev–Trinajstić information content (AvgIpc) is 2.97. The Hall–Kier alpha value is -2.44. The minimum atomic E-state index is -0.187. The van der Waals surface area contributed by atoms with Gasteiger partial charge < -0.3 is 19.3 Å². The molecule has 1 aliphatic heterocycles. The second kappa shape index (κ2) is 7.63. The maximum Gasteiger partial charge on any atom is 0.136 e. The number of ether oxygens (including phenoxy) is 3. The molecule has 0 aromatic heterocycles. The first-order valence-corrected chi connectivity index (χ1v) is 8.40. The number of phenolic OH excluding ortho intramolecular Hbond substituents is 1. The molecule has 2 aromatic carbocycles. The van der Waals surface area contributed by atoms with E-state index in [0.717, 1.165) is 17.1 Å². The lowest BCUT2D eigenvalue weighted by Crippen LogP contribution is -2.33. The molecule has 0 amide bonds. The summed E-state index contributed by atoms with van der Waals surface area (Å²) in [7, 11) is 1.63. The molecule has 25 heavy (non-hydrogen) atoms. The molecule has 134 valence electrons. The molecule has 6 heteroatoms. The summed E-state index contributed by atoms with van der Waals surface area (Å²) in [5, 5.41) is 10.4. The SMILES string of the molecule is CCOc1ccc(C2NNC(C)C2Oc2ccc(OC)cc2)c(O)c1. The molecule has 1 aliphatic rings. The molecule has 2 aromatic rings. The van der Waals surface area contributed by atoms with Crippen LogP contribution in [0.15, 0.2) is 42.5 Å². The predicted molar refractivity (Wildman–Crippen MR) is 95.2 cm³/mol. The van der Waals surface area contributed by atoms with Crippen LogP contribution in [0.5, 0.6) is 23.0 Å². The molecule has 3 rings (SSSR count). The first-order valence-electron chi connectivity index (χ1n) is 8.40. The molecule has 0 aliphatic carbocycles. The summed E-state index contributed by atoms with van der Waals surface area (Å²) in [4.78, 5) is 0. The van der Waals surface area contributed by atoms with Crippen molar-refractivity contribution in [2.24, 2.45) is 0 Å². The van der Waals surface area contributed by atoms with Crippen LogP contribution in [0.2, 0.25) is 0 Å². The van der Waals surface area contributed by atoms with Crippen LogP contribution >= 0.6 is 0 Å². The van der Waals surface area contributed by atoms with Crippen molar-refractivity contribution in [3.8, 4) is 23.0 Å². The Balaban J connectivity index is 1.80. The number of benzene rings is 2. The van der Waals surface area contributed by atoms with Crippen molar-refractivity contribution in [1.29, 1.82) is 0 Å². The molecular formula is C19H24N2O4. The van der Waals surface area contributed by atoms with E-state index in [1.54, 1.807) is 13.2 Å². The minimum absolute atomic E-state index is 0.0677. The van der Waals surface area contributed by atoms with Crippen LogP contribution in [0.1, 0.15) is 25.5 Å². The number of hydrogen-bond donors (Lipinski definition) is 3. The number of methoxy groups -OCH3 is 1. The molecule has 0 radical (unpaired) electrons. The van der Waals surface area contributed by atoms with E-state index in [1.165, 1.54) is 0 Å². The zero-order valence-corrected chi connectivity index (χ0v) is 14.7. The fraction of sp³-hybridized carbons (Fsp3) is 0.368. The largest absolute Gasteiger partial charge is 0.507 e. The Bertz CT molecular complexity index is 705. The van der Waals surface area contributed by atoms with E-state index in [1.807, 2.05) is 50.2 Å². The highest BCUT2D eigenvalue weighted by molar-refractivity contribution is 5.43. The molecular weight excluding hydrogens is 320 g/mol. The van der Waals surface area contributed by atoms with Gasteiger partial charge in [0.2, 0.25) is 0 Å². The van der Waals surface area contributed by atoms with Gasteiger partial charge in [0, 0.05) is 11.6 Å². The highest BCUT2D eigenvalue weighted by Gasteiger charge is 2.37. The fourth-order valence-corrected chi connectivity index (χ4v) is 2.95. The minimum Gasteiger partial charge on any atom is -0.507 e. The quantitative estimate of drug-likeness (QED) is 0.748. The monoisotopic (exact) mass is 344 g/mol. The number of hydrazine groups is 1. The molecule has 1 heterocycles. The highest BCUT2D eigenvalue weighted by atomic mass is 16.5. The molecule has 0 saturated carbocycles. The van der Waals surface area contributed by atoms with E-state index in [9.17, 15) is 5.11 Å². The second-order valence-corrected chi connectivity index (χ2v) is 5.97. The first-order chi connectivity index (χ1) is 12.1. The molecule has 3 N–H and O–H groups in total. The van der Waals surface area contributed by atoms with Gasteiger partial charge in [-0.1, -0.05) is 0 Å². The molecule has 3 atom stereocenters. The fourth-order valence-electron chi connectivity index (χ4n) is 2.95. The first kappa shape index (κ1) is 17.4. The van der Waals surface area contributed by atoms with Gasteiger partial charge in [-0.2, -0.15) is 0 Å². The zero-order valence-electron chi connectivity index (χ0n) is 14.7. The van der Waals surface area contributed by atoms with Gasteiger partial charge >= 0.3 is 0 Å². The van der Waals surface area contributed by atoms with Crippen LogP contribution in [0, 0.1) is 0 Å². The van der Waals surface area contributed by atoms with Crippen LogP contribution in [0.25, 0.3) is 0 Å². The van der Waals surface area contributed by atoms with Gasteiger partial charge in [0.25, 0.3) is 0 Å². The molecule has 1 fully saturated rings. The number of rotatable bonds is 6. The Labute approximate surface area is 147 Å². The maximum atomic E-state index is 10.4. The van der Waals surface area contributed by atoms with Gasteiger partial charge in [-0.15, -0.1) is 0 Å². The van der Waals surface area contributed by atoms with Crippen LogP contribution in [0.3, 0.4) is 0 Å². The second-order valence-electron chi connectivity index (χ2n) is 5.97. The van der Waals surface area contributed by atoms with Crippen molar-refractivity contribution in [2.45, 2.75) is 32.0 Å². The Morgan fingerprint density at radius 3 is 2.32 bits per heavy atom. The lowest BCUT2D eigenvalue weighted by atomic mass is 9.98. The number of aromatic hydroxyl groups is 1. The van der Waals surface area contributed by atoms with E-state index >= 15 is 0 Å². The summed E-state index contributed by atoms with van der Waals surface area (Å²) in [6, 6.07) is 12.7. The molecule has 0 spiro atoms. The van der Waals surface area contributed by atoms with Crippen LogP contribution in [0.4, 0.5) is 0 Å². The zero-order chi connectivity index (χ0) is 17.8. The van der Waals surface area contributed by atoms with Crippen molar-refractivity contribution >= 4 is 0 Å². The van der Waals surface area contributed by atoms with Gasteiger partial charge in [-0.25, -0.2) is 5.43 Å². The Kier molecular flexibility index (Phi) is 5.31. The lowest BCUT2D eigenvalue weighted by Gasteiger charge is -2.23. The van der Waals surface area contributed by atoms with E-state index in [4.69, 9.17) is 14.2 Å². The summed E-state index contributed by atoms with van der Waals surface area (Å²) >= 11 is 0. The molecule has 6 nitrogen and oxygen atoms in total. The van der Waals surface area contributed by atoms with E-state index in [0.29, 0.717) is 12.4 Å². The van der Waals surface area contributed by atoms with E-state index in [2.05, 4.69) is 10.9 Å². The maximum absolute atomic E-state index is 10.4. The van der Waals surface area contributed by atoms with Crippen molar-refractivity contribution in [3.63, 3.8) is 0 Å². The van der Waals surface area contributed by atoms with Gasteiger partial charge in [0.05, 0.1) is 25.8 Å². The van der Waals surface area contributed by atoms with Crippen LogP contribution in [-0.4, -0.2) is 31.0 Å². The summed E-state index contributed by atoms with van der Waals surface area (Å²) < 4.78 is 16.8. The van der Waals surface area contributed by atoms with E-state index in [-0.39, 0.29) is 23.9 Å². The smallest absolute Gasteiger partial charge is 0.136 e. The van der Waals surface area contributed by atoms with Crippen molar-refractivity contribution in [1.82, 2.24) is 10.9 Å². The third-order valence-electron chi connectivity index (χ3n) is 4.27. The lowest BCUT2D eigenvalue weighted by molar-refractivity contribution is 0.170. The van der Waals surface area contributed by atoms with Gasteiger partial charge in [0.1, 0.15) is 29.1 Å². The standard InChI is InChI=1S/C19H24N2O4/c1-4-24-15-9-10-16(17(22)11-15)18-19(12(2)20-21-18)25-14-7-5-13(23-3)6-8-14/h5-12,18-22H,4H2,1-3H3. The summed E-state index contributed by atoms with van der Waals surface area (Å²) in [6.07, 6.45) is -0.183. The summed E-state index contributed by atoms with van der Waals surface area (Å²) in [5.74, 6) is 2.36. The van der Waals surface area contributed by atoms with Gasteiger partial charge in [0.15, 0.2) is 0 Å². The molecule has 0 bridgehead atoms.